The van der Waals surface area contributed by atoms with Crippen LogP contribution < -0.4 is 15.4 Å². The summed E-state index contributed by atoms with van der Waals surface area (Å²) in [5, 5.41) is 10.4. The van der Waals surface area contributed by atoms with E-state index in [1.807, 2.05) is 20.0 Å². The monoisotopic (exact) mass is 362 g/mol. The van der Waals surface area contributed by atoms with Gasteiger partial charge in [-0.25, -0.2) is 9.18 Å². The summed E-state index contributed by atoms with van der Waals surface area (Å²) in [7, 11) is 1.82. The Balaban J connectivity index is 1.78. The largest absolute Gasteiger partial charge is 0.476 e. The Morgan fingerprint density at radius 3 is 2.60 bits per heavy atom. The van der Waals surface area contributed by atoms with Gasteiger partial charge in [-0.2, -0.15) is 0 Å². The number of nitrogens with one attached hydrogen (secondary N) is 2. The SMILES string of the molecule is CCOc1nn(C)c2ccc(NC(=O)Nc3ccc(F)c(Cl)c3)cc12. The van der Waals surface area contributed by atoms with Crippen LogP contribution in [-0.2, 0) is 7.05 Å². The van der Waals surface area contributed by atoms with Gasteiger partial charge in [0.15, 0.2) is 0 Å². The molecule has 0 saturated heterocycles. The van der Waals surface area contributed by atoms with Crippen LogP contribution >= 0.6 is 11.6 Å². The first-order valence-electron chi connectivity index (χ1n) is 7.60. The third-order valence-corrected chi connectivity index (χ3v) is 3.82. The number of rotatable bonds is 4. The molecule has 0 bridgehead atoms. The fourth-order valence-corrected chi connectivity index (χ4v) is 2.60. The predicted octanol–water partition coefficient (Wildman–Crippen LogP) is 4.41. The lowest BCUT2D eigenvalue weighted by atomic mass is 10.2. The number of nitrogens with zero attached hydrogens (tertiary/aromatic N) is 2. The molecule has 130 valence electrons. The van der Waals surface area contributed by atoms with Gasteiger partial charge in [-0.05, 0) is 43.3 Å². The van der Waals surface area contributed by atoms with Gasteiger partial charge in [-0.15, -0.1) is 5.10 Å². The number of urea groups is 1. The highest BCUT2D eigenvalue weighted by Gasteiger charge is 2.11. The van der Waals surface area contributed by atoms with Gasteiger partial charge in [0.25, 0.3) is 0 Å². The minimum Gasteiger partial charge on any atom is -0.476 e. The second kappa shape index (κ2) is 6.98. The van der Waals surface area contributed by atoms with Crippen molar-refractivity contribution in [2.75, 3.05) is 17.2 Å². The number of hydrogen-bond acceptors (Lipinski definition) is 3. The van der Waals surface area contributed by atoms with Crippen molar-refractivity contribution in [2.24, 2.45) is 7.05 Å². The molecule has 25 heavy (non-hydrogen) atoms. The fourth-order valence-electron chi connectivity index (χ4n) is 2.42. The lowest BCUT2D eigenvalue weighted by Gasteiger charge is -2.08. The molecule has 0 atom stereocenters. The van der Waals surface area contributed by atoms with E-state index in [4.69, 9.17) is 16.3 Å². The van der Waals surface area contributed by atoms with Crippen LogP contribution in [0, 0.1) is 5.82 Å². The third-order valence-electron chi connectivity index (χ3n) is 3.53. The second-order valence-electron chi connectivity index (χ2n) is 5.30. The highest BCUT2D eigenvalue weighted by Crippen LogP contribution is 2.27. The first-order valence-corrected chi connectivity index (χ1v) is 7.98. The molecule has 0 fully saturated rings. The van der Waals surface area contributed by atoms with Crippen LogP contribution in [0.5, 0.6) is 5.88 Å². The maximum absolute atomic E-state index is 13.2. The summed E-state index contributed by atoms with van der Waals surface area (Å²) < 4.78 is 20.4. The van der Waals surface area contributed by atoms with E-state index in [2.05, 4.69) is 15.7 Å². The predicted molar refractivity (Wildman–Crippen MR) is 95.9 cm³/mol. The summed E-state index contributed by atoms with van der Waals surface area (Å²) in [5.74, 6) is -0.0347. The highest BCUT2D eigenvalue weighted by molar-refractivity contribution is 6.31. The molecular weight excluding hydrogens is 347 g/mol. The molecular formula is C17H16ClFN4O2. The molecule has 0 unspecified atom stereocenters. The zero-order valence-electron chi connectivity index (χ0n) is 13.6. The molecule has 0 radical (unpaired) electrons. The number of carbonyl (C=O) groups is 1. The van der Waals surface area contributed by atoms with E-state index in [1.54, 1.807) is 16.8 Å². The van der Waals surface area contributed by atoms with Crippen LogP contribution in [0.25, 0.3) is 10.9 Å². The minimum absolute atomic E-state index is 0.0593. The van der Waals surface area contributed by atoms with Crippen molar-refractivity contribution in [3.63, 3.8) is 0 Å². The number of aryl methyl sites for hydroxylation is 1. The number of ether oxygens (including phenoxy) is 1. The van der Waals surface area contributed by atoms with Crippen molar-refractivity contribution in [1.82, 2.24) is 9.78 Å². The number of carbonyl (C=O) groups excluding carboxylic acids is 1. The number of halogens is 2. The normalized spacial score (nSPS) is 10.7. The first kappa shape index (κ1) is 17.0. The quantitative estimate of drug-likeness (QED) is 0.722. The van der Waals surface area contributed by atoms with Gasteiger partial charge in [0, 0.05) is 18.4 Å². The van der Waals surface area contributed by atoms with Gasteiger partial charge < -0.3 is 15.4 Å². The fraction of sp³-hybridized carbons (Fsp3) is 0.176. The molecule has 0 spiro atoms. The van der Waals surface area contributed by atoms with Gasteiger partial charge in [0.05, 0.1) is 22.5 Å². The average Bonchev–Trinajstić information content (AvgIpc) is 2.87. The third kappa shape index (κ3) is 3.66. The molecule has 0 aliphatic carbocycles. The van der Waals surface area contributed by atoms with E-state index in [-0.39, 0.29) is 5.02 Å². The summed E-state index contributed by atoms with van der Waals surface area (Å²) in [4.78, 5) is 12.1. The van der Waals surface area contributed by atoms with Crippen LogP contribution in [0.15, 0.2) is 36.4 Å². The number of benzene rings is 2. The van der Waals surface area contributed by atoms with E-state index in [9.17, 15) is 9.18 Å². The first-order chi connectivity index (χ1) is 12.0. The van der Waals surface area contributed by atoms with E-state index >= 15 is 0 Å². The van der Waals surface area contributed by atoms with Crippen LogP contribution in [0.3, 0.4) is 0 Å². The molecule has 2 amide bonds. The Morgan fingerprint density at radius 2 is 1.92 bits per heavy atom. The van der Waals surface area contributed by atoms with Crippen LogP contribution in [0.2, 0.25) is 5.02 Å². The number of anilines is 2. The average molecular weight is 363 g/mol. The van der Waals surface area contributed by atoms with Crippen LogP contribution in [-0.4, -0.2) is 22.4 Å². The van der Waals surface area contributed by atoms with Crippen molar-refractivity contribution >= 4 is 39.9 Å². The molecule has 6 nitrogen and oxygen atoms in total. The zero-order valence-corrected chi connectivity index (χ0v) is 14.4. The van der Waals surface area contributed by atoms with Gasteiger partial charge >= 0.3 is 6.03 Å². The maximum Gasteiger partial charge on any atom is 0.323 e. The molecule has 2 aromatic carbocycles. The van der Waals surface area contributed by atoms with Crippen molar-refractivity contribution < 1.29 is 13.9 Å². The molecule has 3 aromatic rings. The Bertz CT molecular complexity index is 942. The molecule has 0 aliphatic rings. The van der Waals surface area contributed by atoms with Gasteiger partial charge in [0.1, 0.15) is 5.82 Å². The van der Waals surface area contributed by atoms with Crippen molar-refractivity contribution in [2.45, 2.75) is 6.92 Å². The van der Waals surface area contributed by atoms with E-state index in [0.29, 0.717) is 23.9 Å². The molecule has 8 heteroatoms. The minimum atomic E-state index is -0.543. The maximum atomic E-state index is 13.2. The molecule has 1 aromatic heterocycles. The second-order valence-corrected chi connectivity index (χ2v) is 5.71. The highest BCUT2D eigenvalue weighted by atomic mass is 35.5. The van der Waals surface area contributed by atoms with E-state index in [1.165, 1.54) is 18.2 Å². The van der Waals surface area contributed by atoms with Crippen molar-refractivity contribution in [3.05, 3.63) is 47.2 Å². The van der Waals surface area contributed by atoms with Gasteiger partial charge in [0.2, 0.25) is 5.88 Å². The molecule has 1 heterocycles. The topological polar surface area (TPSA) is 68.2 Å². The van der Waals surface area contributed by atoms with Gasteiger partial charge in [-0.1, -0.05) is 11.6 Å². The summed E-state index contributed by atoms with van der Waals surface area (Å²) in [5.41, 5.74) is 1.85. The Morgan fingerprint density at radius 1 is 1.24 bits per heavy atom. The summed E-state index contributed by atoms with van der Waals surface area (Å²) in [6.45, 7) is 2.37. The number of aromatic nitrogens is 2. The number of amides is 2. The van der Waals surface area contributed by atoms with Gasteiger partial charge in [-0.3, -0.25) is 4.68 Å². The summed E-state index contributed by atoms with van der Waals surface area (Å²) in [6, 6.07) is 8.88. The van der Waals surface area contributed by atoms with Crippen molar-refractivity contribution in [3.8, 4) is 5.88 Å². The number of fused-ring (bicyclic) bond motifs is 1. The molecule has 0 saturated carbocycles. The molecule has 2 N–H and O–H groups in total. The van der Waals surface area contributed by atoms with E-state index < -0.39 is 11.8 Å². The smallest absolute Gasteiger partial charge is 0.323 e. The van der Waals surface area contributed by atoms with Crippen LogP contribution in [0.1, 0.15) is 6.92 Å². The van der Waals surface area contributed by atoms with Crippen molar-refractivity contribution in [1.29, 1.82) is 0 Å². The summed E-state index contributed by atoms with van der Waals surface area (Å²) in [6.07, 6.45) is 0. The molecule has 3 rings (SSSR count). The van der Waals surface area contributed by atoms with Crippen LogP contribution in [0.4, 0.5) is 20.6 Å². The Labute approximate surface area is 148 Å². The molecule has 0 aliphatic heterocycles. The summed E-state index contributed by atoms with van der Waals surface area (Å²) >= 11 is 5.70. The lowest BCUT2D eigenvalue weighted by Crippen LogP contribution is -2.19. The number of hydrogen-bond donors (Lipinski definition) is 2. The van der Waals surface area contributed by atoms with E-state index in [0.717, 1.165) is 10.9 Å². The Kier molecular flexibility index (Phi) is 4.76. The zero-order chi connectivity index (χ0) is 18.0. The Hall–Kier alpha value is -2.80. The standard InChI is InChI=1S/C17H16ClFN4O2/c1-3-25-16-12-8-10(5-7-15(12)23(2)22-16)20-17(24)21-11-4-6-14(19)13(18)9-11/h4-9H,3H2,1-2H3,(H2,20,21,24). The lowest BCUT2D eigenvalue weighted by molar-refractivity contribution is 0.262.